The van der Waals surface area contributed by atoms with Gasteiger partial charge in [-0.25, -0.2) is 0 Å². The molecule has 112 valence electrons. The van der Waals surface area contributed by atoms with E-state index < -0.39 is 0 Å². The van der Waals surface area contributed by atoms with Crippen molar-refractivity contribution in [3.63, 3.8) is 0 Å². The fourth-order valence-electron chi connectivity index (χ4n) is 2.33. The number of carbonyl (C=O) groups excluding carboxylic acids is 1. The van der Waals surface area contributed by atoms with Crippen LogP contribution < -0.4 is 5.32 Å². The number of carbonyl (C=O) groups is 1. The highest BCUT2D eigenvalue weighted by Crippen LogP contribution is 2.28. The molecule has 0 saturated carbocycles. The van der Waals surface area contributed by atoms with Crippen LogP contribution in [0, 0.1) is 0 Å². The van der Waals surface area contributed by atoms with Crippen molar-refractivity contribution >= 4 is 34.5 Å². The van der Waals surface area contributed by atoms with E-state index in [1.54, 1.807) is 23.5 Å². The molecule has 3 aromatic rings. The molecule has 1 aromatic carbocycles. The van der Waals surface area contributed by atoms with E-state index >= 15 is 0 Å². The van der Waals surface area contributed by atoms with Gasteiger partial charge >= 0.3 is 0 Å². The monoisotopic (exact) mass is 330 g/mol. The average molecular weight is 331 g/mol. The topological polar surface area (TPSA) is 34.0 Å². The van der Waals surface area contributed by atoms with Crippen LogP contribution >= 0.6 is 22.9 Å². The van der Waals surface area contributed by atoms with Gasteiger partial charge in [0.1, 0.15) is 0 Å². The van der Waals surface area contributed by atoms with Crippen LogP contribution in [0.3, 0.4) is 0 Å². The molecule has 0 radical (unpaired) electrons. The van der Waals surface area contributed by atoms with E-state index in [0.717, 1.165) is 4.88 Å². The van der Waals surface area contributed by atoms with E-state index in [0.29, 0.717) is 17.1 Å². The Morgan fingerprint density at radius 1 is 1.14 bits per heavy atom. The third-order valence-corrected chi connectivity index (χ3v) is 4.69. The lowest BCUT2D eigenvalue weighted by Crippen LogP contribution is -2.19. The number of para-hydroxylation sites is 1. The van der Waals surface area contributed by atoms with E-state index in [2.05, 4.69) is 16.0 Å². The molecule has 1 atom stereocenters. The third kappa shape index (κ3) is 3.40. The summed E-state index contributed by atoms with van der Waals surface area (Å²) >= 11 is 7.74. The summed E-state index contributed by atoms with van der Waals surface area (Å²) in [5, 5.41) is 5.46. The van der Waals surface area contributed by atoms with E-state index in [-0.39, 0.29) is 11.9 Å². The van der Waals surface area contributed by atoms with Crippen molar-refractivity contribution in [3.05, 3.63) is 76.2 Å². The van der Waals surface area contributed by atoms with Crippen LogP contribution in [0.1, 0.15) is 17.3 Å². The van der Waals surface area contributed by atoms with Gasteiger partial charge < -0.3 is 9.88 Å². The molecule has 3 rings (SSSR count). The summed E-state index contributed by atoms with van der Waals surface area (Å²) in [7, 11) is 0. The normalized spacial score (nSPS) is 12.0. The Morgan fingerprint density at radius 2 is 1.91 bits per heavy atom. The first-order valence-corrected chi connectivity index (χ1v) is 8.20. The molecule has 0 fully saturated rings. The summed E-state index contributed by atoms with van der Waals surface area (Å²) in [4.78, 5) is 13.5. The molecule has 0 aliphatic heterocycles. The lowest BCUT2D eigenvalue weighted by molar-refractivity contribution is -0.116. The number of hydrogen-bond acceptors (Lipinski definition) is 2. The number of benzene rings is 1. The van der Waals surface area contributed by atoms with Gasteiger partial charge in [0.2, 0.25) is 5.91 Å². The van der Waals surface area contributed by atoms with Crippen LogP contribution in [0.15, 0.2) is 66.3 Å². The molecule has 2 heterocycles. The SMILES string of the molecule is O=C(C[C@H](c1cccs1)n1cccc1)Nc1ccccc1Cl. The van der Waals surface area contributed by atoms with Crippen LogP contribution in [0.4, 0.5) is 5.69 Å². The summed E-state index contributed by atoms with van der Waals surface area (Å²) in [6.45, 7) is 0. The van der Waals surface area contributed by atoms with Crippen LogP contribution in [-0.4, -0.2) is 10.5 Å². The smallest absolute Gasteiger partial charge is 0.226 e. The largest absolute Gasteiger partial charge is 0.346 e. The van der Waals surface area contributed by atoms with E-state index in [1.165, 1.54) is 0 Å². The van der Waals surface area contributed by atoms with Crippen LogP contribution in [0.25, 0.3) is 0 Å². The van der Waals surface area contributed by atoms with Gasteiger partial charge in [-0.15, -0.1) is 11.3 Å². The van der Waals surface area contributed by atoms with Crippen LogP contribution in [-0.2, 0) is 4.79 Å². The summed E-state index contributed by atoms with van der Waals surface area (Å²) in [5.74, 6) is -0.0554. The maximum absolute atomic E-state index is 12.4. The zero-order valence-electron chi connectivity index (χ0n) is 11.8. The number of amides is 1. The summed E-state index contributed by atoms with van der Waals surface area (Å²) < 4.78 is 2.05. The number of thiophene rings is 1. The number of nitrogens with one attached hydrogen (secondary N) is 1. The highest BCUT2D eigenvalue weighted by Gasteiger charge is 2.18. The molecule has 2 aromatic heterocycles. The minimum Gasteiger partial charge on any atom is -0.346 e. The Morgan fingerprint density at radius 3 is 2.59 bits per heavy atom. The zero-order valence-corrected chi connectivity index (χ0v) is 13.3. The highest BCUT2D eigenvalue weighted by atomic mass is 35.5. The number of anilines is 1. The molecular formula is C17H15ClN2OS. The quantitative estimate of drug-likeness (QED) is 0.715. The van der Waals surface area contributed by atoms with Gasteiger partial charge in [0.25, 0.3) is 0 Å². The van der Waals surface area contributed by atoms with Gasteiger partial charge in [-0.3, -0.25) is 4.79 Å². The van der Waals surface area contributed by atoms with E-state index in [4.69, 9.17) is 11.6 Å². The number of nitrogens with zero attached hydrogens (tertiary/aromatic N) is 1. The third-order valence-electron chi connectivity index (χ3n) is 3.39. The molecule has 5 heteroatoms. The molecule has 3 nitrogen and oxygen atoms in total. The lowest BCUT2D eigenvalue weighted by Gasteiger charge is -2.17. The van der Waals surface area contributed by atoms with Gasteiger partial charge in [0.05, 0.1) is 23.2 Å². The second-order valence-electron chi connectivity index (χ2n) is 4.89. The molecule has 1 amide bonds. The fourth-order valence-corrected chi connectivity index (χ4v) is 3.35. The Labute approximate surface area is 138 Å². The van der Waals surface area contributed by atoms with Crippen molar-refractivity contribution in [2.24, 2.45) is 0 Å². The first-order chi connectivity index (χ1) is 10.7. The Balaban J connectivity index is 1.77. The molecule has 0 bridgehead atoms. The highest BCUT2D eigenvalue weighted by molar-refractivity contribution is 7.10. The van der Waals surface area contributed by atoms with Gasteiger partial charge in [0.15, 0.2) is 0 Å². The lowest BCUT2D eigenvalue weighted by atomic mass is 10.1. The molecular weight excluding hydrogens is 316 g/mol. The maximum atomic E-state index is 12.4. The molecule has 0 aliphatic rings. The summed E-state index contributed by atoms with van der Waals surface area (Å²) in [6.07, 6.45) is 4.32. The second-order valence-corrected chi connectivity index (χ2v) is 6.28. The van der Waals surface area contributed by atoms with E-state index in [9.17, 15) is 4.79 Å². The standard InChI is InChI=1S/C17H15ClN2OS/c18-13-6-1-2-7-14(13)19-17(21)12-15(16-8-5-11-22-16)20-9-3-4-10-20/h1-11,15H,12H2,(H,19,21)/t15-/m1/s1. The Hall–Kier alpha value is -2.04. The first-order valence-electron chi connectivity index (χ1n) is 6.94. The van der Waals surface area contributed by atoms with Gasteiger partial charge in [0, 0.05) is 17.3 Å². The molecule has 0 aliphatic carbocycles. The fraction of sp³-hybridized carbons (Fsp3) is 0.118. The number of halogens is 1. The van der Waals surface area contributed by atoms with Gasteiger partial charge in [-0.1, -0.05) is 29.8 Å². The van der Waals surface area contributed by atoms with Crippen molar-refractivity contribution in [2.45, 2.75) is 12.5 Å². The van der Waals surface area contributed by atoms with Crippen molar-refractivity contribution in [1.82, 2.24) is 4.57 Å². The molecule has 0 saturated heterocycles. The maximum Gasteiger partial charge on any atom is 0.226 e. The number of aromatic nitrogens is 1. The number of hydrogen-bond donors (Lipinski definition) is 1. The van der Waals surface area contributed by atoms with Crippen molar-refractivity contribution in [2.75, 3.05) is 5.32 Å². The molecule has 0 spiro atoms. The van der Waals surface area contributed by atoms with E-state index in [1.807, 2.05) is 48.1 Å². The molecule has 22 heavy (non-hydrogen) atoms. The average Bonchev–Trinajstić information content (AvgIpc) is 3.21. The number of rotatable bonds is 5. The minimum atomic E-state index is -0.0554. The molecule has 1 N–H and O–H groups in total. The predicted octanol–water partition coefficient (Wildman–Crippen LogP) is 4.82. The zero-order chi connectivity index (χ0) is 15.4. The van der Waals surface area contributed by atoms with Gasteiger partial charge in [-0.05, 0) is 35.7 Å². The predicted molar refractivity (Wildman–Crippen MR) is 91.6 cm³/mol. The van der Waals surface area contributed by atoms with Crippen molar-refractivity contribution < 1.29 is 4.79 Å². The second kappa shape index (κ2) is 6.81. The Bertz CT molecular complexity index is 704. The minimum absolute atomic E-state index is 0.00233. The Kier molecular flexibility index (Phi) is 4.61. The first kappa shape index (κ1) is 14.9. The summed E-state index contributed by atoms with van der Waals surface area (Å²) in [5.41, 5.74) is 0.645. The van der Waals surface area contributed by atoms with Crippen LogP contribution in [0.2, 0.25) is 5.02 Å². The summed E-state index contributed by atoms with van der Waals surface area (Å²) in [6, 6.07) is 15.2. The van der Waals surface area contributed by atoms with Crippen molar-refractivity contribution in [1.29, 1.82) is 0 Å². The van der Waals surface area contributed by atoms with Crippen molar-refractivity contribution in [3.8, 4) is 0 Å². The van der Waals surface area contributed by atoms with Gasteiger partial charge in [-0.2, -0.15) is 0 Å². The molecule has 0 unspecified atom stereocenters. The van der Waals surface area contributed by atoms with Crippen LogP contribution in [0.5, 0.6) is 0 Å².